The van der Waals surface area contributed by atoms with Crippen molar-refractivity contribution in [2.45, 2.75) is 19.4 Å². The molecule has 0 unspecified atom stereocenters. The summed E-state index contributed by atoms with van der Waals surface area (Å²) in [5.74, 6) is -0.211. The Morgan fingerprint density at radius 3 is 2.90 bits per heavy atom. The number of aromatic nitrogens is 2. The average molecular weight is 270 g/mol. The molecule has 4 nitrogen and oxygen atoms in total. The highest BCUT2D eigenvalue weighted by molar-refractivity contribution is 5.69. The zero-order chi connectivity index (χ0) is 14.2. The molecule has 0 saturated heterocycles. The van der Waals surface area contributed by atoms with Gasteiger partial charge < -0.3 is 9.30 Å². The first kappa shape index (κ1) is 14.1. The molecule has 0 aliphatic rings. The van der Waals surface area contributed by atoms with Crippen LogP contribution in [0.1, 0.15) is 17.7 Å². The molecule has 0 amide bonds. The van der Waals surface area contributed by atoms with Gasteiger partial charge in [-0.3, -0.25) is 4.79 Å². The highest BCUT2D eigenvalue weighted by atomic mass is 16.5. The first-order valence-electron chi connectivity index (χ1n) is 6.59. The van der Waals surface area contributed by atoms with Crippen molar-refractivity contribution in [1.29, 1.82) is 0 Å². The molecule has 0 N–H and O–H groups in total. The quantitative estimate of drug-likeness (QED) is 0.574. The van der Waals surface area contributed by atoms with Crippen LogP contribution < -0.4 is 0 Å². The van der Waals surface area contributed by atoms with Gasteiger partial charge in [0, 0.05) is 18.4 Å². The van der Waals surface area contributed by atoms with E-state index < -0.39 is 0 Å². The number of esters is 1. The van der Waals surface area contributed by atoms with Crippen molar-refractivity contribution in [3.63, 3.8) is 0 Å². The van der Waals surface area contributed by atoms with Crippen LogP contribution in [0.5, 0.6) is 0 Å². The second-order valence-corrected chi connectivity index (χ2v) is 4.47. The first-order valence-corrected chi connectivity index (χ1v) is 6.59. The molecule has 2 rings (SSSR count). The van der Waals surface area contributed by atoms with Gasteiger partial charge in [-0.15, -0.1) is 0 Å². The van der Waals surface area contributed by atoms with E-state index in [2.05, 4.69) is 28.3 Å². The van der Waals surface area contributed by atoms with Crippen LogP contribution >= 0.6 is 0 Å². The molecule has 0 aliphatic heterocycles. The highest BCUT2D eigenvalue weighted by Gasteiger charge is 2.07. The zero-order valence-corrected chi connectivity index (χ0v) is 11.4. The lowest BCUT2D eigenvalue weighted by Gasteiger charge is -2.08. The minimum absolute atomic E-state index is 0.211. The lowest BCUT2D eigenvalue weighted by Crippen LogP contribution is -2.09. The number of benzene rings is 1. The van der Waals surface area contributed by atoms with Crippen molar-refractivity contribution < 1.29 is 9.53 Å². The lowest BCUT2D eigenvalue weighted by molar-refractivity contribution is -0.142. The van der Waals surface area contributed by atoms with Crippen LogP contribution in [-0.2, 0) is 22.5 Å². The average Bonchev–Trinajstić information content (AvgIpc) is 2.91. The van der Waals surface area contributed by atoms with Crippen LogP contribution in [0.3, 0.4) is 0 Å². The number of carbonyl (C=O) groups is 1. The monoisotopic (exact) mass is 270 g/mol. The Morgan fingerprint density at radius 2 is 2.15 bits per heavy atom. The molecule has 0 fully saturated rings. The Labute approximate surface area is 118 Å². The van der Waals surface area contributed by atoms with Gasteiger partial charge in [0.25, 0.3) is 0 Å². The number of imidazole rings is 1. The van der Waals surface area contributed by atoms with E-state index in [-0.39, 0.29) is 12.6 Å². The third-order valence-electron chi connectivity index (χ3n) is 2.94. The van der Waals surface area contributed by atoms with Gasteiger partial charge in [-0.05, 0) is 12.0 Å². The minimum atomic E-state index is -0.211. The van der Waals surface area contributed by atoms with Crippen LogP contribution in [0, 0.1) is 0 Å². The third kappa shape index (κ3) is 4.09. The van der Waals surface area contributed by atoms with Crippen molar-refractivity contribution in [1.82, 2.24) is 9.55 Å². The Morgan fingerprint density at radius 1 is 1.35 bits per heavy atom. The van der Waals surface area contributed by atoms with Crippen molar-refractivity contribution in [2.75, 3.05) is 6.61 Å². The summed E-state index contributed by atoms with van der Waals surface area (Å²) in [6.45, 7) is 4.54. The topological polar surface area (TPSA) is 44.1 Å². The van der Waals surface area contributed by atoms with E-state index in [1.54, 1.807) is 18.6 Å². The normalized spacial score (nSPS) is 10.2. The van der Waals surface area contributed by atoms with E-state index in [0.29, 0.717) is 12.8 Å². The summed E-state index contributed by atoms with van der Waals surface area (Å²) in [7, 11) is 0. The Hall–Kier alpha value is -2.36. The standard InChI is InChI=1S/C16H18N2O2/c1-2-10-20-16(19)9-8-15-11-17-13-18(15)12-14-6-4-3-5-7-14/h2-7,11,13H,1,8-10,12H2. The second-order valence-electron chi connectivity index (χ2n) is 4.47. The number of aryl methyl sites for hydroxylation is 1. The van der Waals surface area contributed by atoms with E-state index in [1.165, 1.54) is 5.56 Å². The molecule has 0 saturated carbocycles. The SMILES string of the molecule is C=CCOC(=O)CCc1cncn1Cc1ccccc1. The third-order valence-corrected chi connectivity index (χ3v) is 2.94. The molecule has 20 heavy (non-hydrogen) atoms. The number of hydrogen-bond acceptors (Lipinski definition) is 3. The molecule has 104 valence electrons. The highest BCUT2D eigenvalue weighted by Crippen LogP contribution is 2.08. The molecule has 0 spiro atoms. The van der Waals surface area contributed by atoms with Gasteiger partial charge in [0.1, 0.15) is 6.61 Å². The smallest absolute Gasteiger partial charge is 0.306 e. The molecule has 0 aliphatic carbocycles. The maximum atomic E-state index is 11.5. The maximum absolute atomic E-state index is 11.5. The predicted molar refractivity (Wildman–Crippen MR) is 77.2 cm³/mol. The fourth-order valence-corrected chi connectivity index (χ4v) is 1.93. The van der Waals surface area contributed by atoms with Crippen LogP contribution in [0.4, 0.5) is 0 Å². The van der Waals surface area contributed by atoms with E-state index in [4.69, 9.17) is 4.74 Å². The van der Waals surface area contributed by atoms with E-state index in [0.717, 1.165) is 12.2 Å². The maximum Gasteiger partial charge on any atom is 0.306 e. The summed E-state index contributed by atoms with van der Waals surface area (Å²) in [6.07, 6.45) is 6.13. The predicted octanol–water partition coefficient (Wildman–Crippen LogP) is 2.59. The van der Waals surface area contributed by atoms with Crippen molar-refractivity contribution in [3.05, 3.63) is 66.8 Å². The lowest BCUT2D eigenvalue weighted by atomic mass is 10.2. The largest absolute Gasteiger partial charge is 0.461 e. The molecule has 0 atom stereocenters. The Bertz CT molecular complexity index is 561. The number of carbonyl (C=O) groups excluding carboxylic acids is 1. The molecule has 0 bridgehead atoms. The van der Waals surface area contributed by atoms with Crippen LogP contribution in [0.15, 0.2) is 55.5 Å². The summed E-state index contributed by atoms with van der Waals surface area (Å²) >= 11 is 0. The van der Waals surface area contributed by atoms with Crippen molar-refractivity contribution in [2.24, 2.45) is 0 Å². The molecule has 1 aromatic heterocycles. The fraction of sp³-hybridized carbons (Fsp3) is 0.250. The van der Waals surface area contributed by atoms with Crippen LogP contribution in [-0.4, -0.2) is 22.1 Å². The number of ether oxygens (including phenoxy) is 1. The van der Waals surface area contributed by atoms with Gasteiger partial charge in [-0.1, -0.05) is 43.0 Å². The van der Waals surface area contributed by atoms with Crippen molar-refractivity contribution >= 4 is 5.97 Å². The van der Waals surface area contributed by atoms with Gasteiger partial charge in [0.2, 0.25) is 0 Å². The van der Waals surface area contributed by atoms with Gasteiger partial charge in [0.05, 0.1) is 12.7 Å². The van der Waals surface area contributed by atoms with Crippen LogP contribution in [0.25, 0.3) is 0 Å². The van der Waals surface area contributed by atoms with Gasteiger partial charge in [0.15, 0.2) is 0 Å². The van der Waals surface area contributed by atoms with Crippen molar-refractivity contribution in [3.8, 4) is 0 Å². The molecular formula is C16H18N2O2. The first-order chi connectivity index (χ1) is 9.79. The number of nitrogens with zero attached hydrogens (tertiary/aromatic N) is 2. The summed E-state index contributed by atoms with van der Waals surface area (Å²) < 4.78 is 7.01. The summed E-state index contributed by atoms with van der Waals surface area (Å²) in [5, 5.41) is 0. The number of hydrogen-bond donors (Lipinski definition) is 0. The van der Waals surface area contributed by atoms with E-state index in [1.807, 2.05) is 18.2 Å². The fourth-order valence-electron chi connectivity index (χ4n) is 1.93. The molecule has 0 radical (unpaired) electrons. The molecule has 1 heterocycles. The summed E-state index contributed by atoms with van der Waals surface area (Å²) in [4.78, 5) is 15.6. The molecule has 4 heteroatoms. The molecule has 2 aromatic rings. The molecule has 1 aromatic carbocycles. The molecular weight excluding hydrogens is 252 g/mol. The zero-order valence-electron chi connectivity index (χ0n) is 11.4. The van der Waals surface area contributed by atoms with Gasteiger partial charge in [-0.2, -0.15) is 0 Å². The van der Waals surface area contributed by atoms with Gasteiger partial charge >= 0.3 is 5.97 Å². The second kappa shape index (κ2) is 7.28. The van der Waals surface area contributed by atoms with Gasteiger partial charge in [-0.25, -0.2) is 4.98 Å². The Balaban J connectivity index is 1.92. The Kier molecular flexibility index (Phi) is 5.12. The summed E-state index contributed by atoms with van der Waals surface area (Å²) in [6, 6.07) is 10.2. The van der Waals surface area contributed by atoms with Crippen LogP contribution in [0.2, 0.25) is 0 Å². The number of rotatable bonds is 7. The summed E-state index contributed by atoms with van der Waals surface area (Å²) in [5.41, 5.74) is 2.24. The van der Waals surface area contributed by atoms with E-state index in [9.17, 15) is 4.79 Å². The van der Waals surface area contributed by atoms with E-state index >= 15 is 0 Å². The minimum Gasteiger partial charge on any atom is -0.461 e.